The fourth-order valence-electron chi connectivity index (χ4n) is 3.10. The molecule has 0 aliphatic carbocycles. The zero-order valence-corrected chi connectivity index (χ0v) is 15.1. The zero-order chi connectivity index (χ0) is 18.7. The topological polar surface area (TPSA) is 59.1 Å². The van der Waals surface area contributed by atoms with Crippen LogP contribution in [0.25, 0.3) is 0 Å². The first kappa shape index (κ1) is 17.8. The Kier molecular flexibility index (Phi) is 5.11. The predicted molar refractivity (Wildman–Crippen MR) is 98.8 cm³/mol. The van der Waals surface area contributed by atoms with E-state index in [2.05, 4.69) is 0 Å². The van der Waals surface area contributed by atoms with Gasteiger partial charge in [0.25, 0.3) is 5.91 Å². The highest BCUT2D eigenvalue weighted by atomic mass is 16.5. The second-order valence-corrected chi connectivity index (χ2v) is 6.10. The molecule has 0 N–H and O–H groups in total. The highest BCUT2D eigenvalue weighted by molar-refractivity contribution is 6.03. The molecule has 6 heteroatoms. The molecule has 136 valence electrons. The van der Waals surface area contributed by atoms with Crippen LogP contribution in [-0.2, 0) is 4.79 Å². The number of carbonyl (C=O) groups is 2. The summed E-state index contributed by atoms with van der Waals surface area (Å²) in [6.45, 7) is 2.63. The van der Waals surface area contributed by atoms with E-state index in [1.54, 1.807) is 61.3 Å². The van der Waals surface area contributed by atoms with E-state index in [0.717, 1.165) is 0 Å². The molecule has 0 radical (unpaired) electrons. The molecule has 1 fully saturated rings. The van der Waals surface area contributed by atoms with Crippen LogP contribution in [0, 0.1) is 0 Å². The van der Waals surface area contributed by atoms with Crippen molar-refractivity contribution in [3.05, 3.63) is 54.1 Å². The van der Waals surface area contributed by atoms with Crippen LogP contribution in [0.1, 0.15) is 17.3 Å². The van der Waals surface area contributed by atoms with Gasteiger partial charge in [-0.3, -0.25) is 9.59 Å². The molecule has 2 aromatic rings. The van der Waals surface area contributed by atoms with E-state index >= 15 is 0 Å². The average molecular weight is 354 g/mol. The van der Waals surface area contributed by atoms with Gasteiger partial charge in [0.1, 0.15) is 17.5 Å². The molecule has 1 atom stereocenters. The average Bonchev–Trinajstić information content (AvgIpc) is 2.69. The number of hydrogen-bond acceptors (Lipinski definition) is 4. The Labute approximate surface area is 152 Å². The summed E-state index contributed by atoms with van der Waals surface area (Å²) >= 11 is 0. The first-order valence-corrected chi connectivity index (χ1v) is 8.45. The molecular formula is C20H22N2O4. The first-order valence-electron chi connectivity index (χ1n) is 8.45. The summed E-state index contributed by atoms with van der Waals surface area (Å²) in [6.07, 6.45) is 0. The van der Waals surface area contributed by atoms with E-state index in [-0.39, 0.29) is 11.8 Å². The number of benzene rings is 2. The van der Waals surface area contributed by atoms with E-state index in [1.165, 1.54) is 0 Å². The highest BCUT2D eigenvalue weighted by Gasteiger charge is 2.35. The first-order chi connectivity index (χ1) is 12.5. The molecule has 6 nitrogen and oxygen atoms in total. The summed E-state index contributed by atoms with van der Waals surface area (Å²) in [4.78, 5) is 28.9. The van der Waals surface area contributed by atoms with Crippen LogP contribution in [0.2, 0.25) is 0 Å². The normalized spacial score (nSPS) is 17.2. The lowest BCUT2D eigenvalue weighted by Crippen LogP contribution is -2.57. The number of rotatable bonds is 4. The fourth-order valence-corrected chi connectivity index (χ4v) is 3.10. The number of ether oxygens (including phenoxy) is 2. The minimum atomic E-state index is -0.548. The molecule has 0 aromatic heterocycles. The van der Waals surface area contributed by atoms with Crippen molar-refractivity contribution < 1.29 is 19.1 Å². The molecule has 3 rings (SSSR count). The minimum absolute atomic E-state index is 0.129. The number of piperazine rings is 1. The Balaban J connectivity index is 1.83. The molecule has 2 amide bonds. The number of anilines is 1. The Bertz CT molecular complexity index is 784. The maximum absolute atomic E-state index is 12.9. The largest absolute Gasteiger partial charge is 0.497 e. The number of carbonyl (C=O) groups excluding carboxylic acids is 2. The fraction of sp³-hybridized carbons (Fsp3) is 0.300. The van der Waals surface area contributed by atoms with Gasteiger partial charge in [-0.15, -0.1) is 0 Å². The summed E-state index contributed by atoms with van der Waals surface area (Å²) in [5, 5.41) is 0. The van der Waals surface area contributed by atoms with Gasteiger partial charge in [-0.05, 0) is 19.1 Å². The molecule has 26 heavy (non-hydrogen) atoms. The lowest BCUT2D eigenvalue weighted by molar-refractivity contribution is -0.124. The van der Waals surface area contributed by atoms with E-state index in [0.29, 0.717) is 35.8 Å². The van der Waals surface area contributed by atoms with Crippen molar-refractivity contribution in [2.24, 2.45) is 0 Å². The van der Waals surface area contributed by atoms with Gasteiger partial charge in [0, 0.05) is 36.9 Å². The quantitative estimate of drug-likeness (QED) is 0.847. The molecule has 0 saturated carbocycles. The molecule has 1 heterocycles. The third-order valence-electron chi connectivity index (χ3n) is 4.58. The van der Waals surface area contributed by atoms with Gasteiger partial charge in [0.15, 0.2) is 0 Å². The Hall–Kier alpha value is -3.02. The molecule has 1 saturated heterocycles. The molecule has 2 aromatic carbocycles. The van der Waals surface area contributed by atoms with Crippen LogP contribution >= 0.6 is 0 Å². The second kappa shape index (κ2) is 7.47. The molecule has 0 spiro atoms. The summed E-state index contributed by atoms with van der Waals surface area (Å²) in [6, 6.07) is 13.8. The van der Waals surface area contributed by atoms with E-state index in [9.17, 15) is 9.59 Å². The van der Waals surface area contributed by atoms with Crippen molar-refractivity contribution >= 4 is 17.5 Å². The third kappa shape index (κ3) is 3.35. The monoisotopic (exact) mass is 354 g/mol. The SMILES string of the molecule is COc1cc(OC)cc(N2CCN(C(=O)c3ccccc3)C(C)C2=O)c1. The Morgan fingerprint density at radius 1 is 1.00 bits per heavy atom. The van der Waals surface area contributed by atoms with Crippen molar-refractivity contribution in [3.8, 4) is 11.5 Å². The van der Waals surface area contributed by atoms with Crippen LogP contribution < -0.4 is 14.4 Å². The van der Waals surface area contributed by atoms with Crippen molar-refractivity contribution in [2.75, 3.05) is 32.2 Å². The summed E-state index contributed by atoms with van der Waals surface area (Å²) in [7, 11) is 3.14. The van der Waals surface area contributed by atoms with E-state index in [4.69, 9.17) is 9.47 Å². The van der Waals surface area contributed by atoms with Crippen molar-refractivity contribution in [3.63, 3.8) is 0 Å². The Morgan fingerprint density at radius 2 is 1.62 bits per heavy atom. The highest BCUT2D eigenvalue weighted by Crippen LogP contribution is 2.30. The van der Waals surface area contributed by atoms with Crippen molar-refractivity contribution in [1.29, 1.82) is 0 Å². The second-order valence-electron chi connectivity index (χ2n) is 6.10. The predicted octanol–water partition coefficient (Wildman–Crippen LogP) is 2.58. The summed E-state index contributed by atoms with van der Waals surface area (Å²) in [5.74, 6) is 0.968. The minimum Gasteiger partial charge on any atom is -0.497 e. The number of hydrogen-bond donors (Lipinski definition) is 0. The smallest absolute Gasteiger partial charge is 0.254 e. The van der Waals surface area contributed by atoms with Gasteiger partial charge in [0.05, 0.1) is 19.9 Å². The van der Waals surface area contributed by atoms with Crippen LogP contribution in [0.15, 0.2) is 48.5 Å². The third-order valence-corrected chi connectivity index (χ3v) is 4.58. The Morgan fingerprint density at radius 3 is 2.19 bits per heavy atom. The van der Waals surface area contributed by atoms with Gasteiger partial charge in [-0.1, -0.05) is 18.2 Å². The lowest BCUT2D eigenvalue weighted by Gasteiger charge is -2.39. The van der Waals surface area contributed by atoms with Crippen LogP contribution in [0.5, 0.6) is 11.5 Å². The van der Waals surface area contributed by atoms with Gasteiger partial charge >= 0.3 is 0 Å². The van der Waals surface area contributed by atoms with Crippen molar-refractivity contribution in [2.45, 2.75) is 13.0 Å². The zero-order valence-electron chi connectivity index (χ0n) is 15.1. The molecule has 0 bridgehead atoms. The van der Waals surface area contributed by atoms with Crippen LogP contribution in [0.4, 0.5) is 5.69 Å². The molecular weight excluding hydrogens is 332 g/mol. The maximum Gasteiger partial charge on any atom is 0.254 e. The van der Waals surface area contributed by atoms with Gasteiger partial charge < -0.3 is 19.3 Å². The summed E-state index contributed by atoms with van der Waals surface area (Å²) < 4.78 is 10.6. The van der Waals surface area contributed by atoms with E-state index in [1.807, 2.05) is 18.2 Å². The number of methoxy groups -OCH3 is 2. The molecule has 1 aliphatic heterocycles. The van der Waals surface area contributed by atoms with Crippen LogP contribution in [-0.4, -0.2) is 50.1 Å². The van der Waals surface area contributed by atoms with Gasteiger partial charge in [-0.2, -0.15) is 0 Å². The summed E-state index contributed by atoms with van der Waals surface area (Å²) in [5.41, 5.74) is 1.29. The van der Waals surface area contributed by atoms with Crippen LogP contribution in [0.3, 0.4) is 0 Å². The lowest BCUT2D eigenvalue weighted by atomic mass is 10.1. The van der Waals surface area contributed by atoms with Gasteiger partial charge in [-0.25, -0.2) is 0 Å². The maximum atomic E-state index is 12.9. The number of amides is 2. The molecule has 1 unspecified atom stereocenters. The van der Waals surface area contributed by atoms with Gasteiger partial charge in [0.2, 0.25) is 5.91 Å². The van der Waals surface area contributed by atoms with Crippen molar-refractivity contribution in [1.82, 2.24) is 4.90 Å². The van der Waals surface area contributed by atoms with E-state index < -0.39 is 6.04 Å². The standard InChI is InChI=1S/C20H22N2O4/c1-14-19(23)22(16-11-17(25-2)13-18(12-16)26-3)10-9-21(14)20(24)15-7-5-4-6-8-15/h4-8,11-14H,9-10H2,1-3H3. The molecule has 1 aliphatic rings. The number of nitrogens with zero attached hydrogens (tertiary/aromatic N) is 2.